The van der Waals surface area contributed by atoms with Crippen molar-refractivity contribution in [1.82, 2.24) is 4.98 Å². The van der Waals surface area contributed by atoms with Gasteiger partial charge in [0.2, 0.25) is 0 Å². The highest BCUT2D eigenvalue weighted by Crippen LogP contribution is 2.52. The Balaban J connectivity index is 2.08. The van der Waals surface area contributed by atoms with Crippen LogP contribution < -0.4 is 5.32 Å². The largest absolute Gasteiger partial charge is 0.369 e. The van der Waals surface area contributed by atoms with Gasteiger partial charge >= 0.3 is 0 Å². The van der Waals surface area contributed by atoms with Gasteiger partial charge in [-0.15, -0.1) is 0 Å². The van der Waals surface area contributed by atoms with Crippen molar-refractivity contribution in [2.75, 3.05) is 11.9 Å². The Kier molecular flexibility index (Phi) is 2.84. The van der Waals surface area contributed by atoms with Gasteiger partial charge < -0.3 is 5.32 Å². The smallest absolute Gasteiger partial charge is 0.131 e. The molecule has 0 saturated heterocycles. The SMILES string of the molecule is N#CC=C1CC[C@@]2(CNc3ncc(Br)c(Cl)c32)C1. The molecule has 2 aliphatic rings. The minimum Gasteiger partial charge on any atom is -0.369 e. The second kappa shape index (κ2) is 4.25. The molecule has 0 amide bonds. The molecule has 1 saturated carbocycles. The maximum atomic E-state index is 8.76. The fourth-order valence-corrected chi connectivity index (χ4v) is 3.65. The van der Waals surface area contributed by atoms with Gasteiger partial charge in [0.05, 0.1) is 15.6 Å². The Labute approximate surface area is 119 Å². The van der Waals surface area contributed by atoms with Gasteiger partial charge in [0.15, 0.2) is 0 Å². The Morgan fingerprint density at radius 1 is 1.61 bits per heavy atom. The molecule has 3 rings (SSSR count). The molecular formula is C13H11BrClN3. The summed E-state index contributed by atoms with van der Waals surface area (Å²) in [6, 6.07) is 2.13. The van der Waals surface area contributed by atoms with Gasteiger partial charge in [-0.3, -0.25) is 0 Å². The first-order chi connectivity index (χ1) is 8.66. The lowest BCUT2D eigenvalue weighted by atomic mass is 9.81. The molecule has 5 heteroatoms. The lowest BCUT2D eigenvalue weighted by molar-refractivity contribution is 0.496. The number of nitrogens with one attached hydrogen (secondary N) is 1. The number of nitrogens with zero attached hydrogens (tertiary/aromatic N) is 2. The van der Waals surface area contributed by atoms with E-state index in [0.29, 0.717) is 0 Å². The Hall–Kier alpha value is -1.05. The maximum Gasteiger partial charge on any atom is 0.131 e. The van der Waals surface area contributed by atoms with Crippen LogP contribution in [0.2, 0.25) is 5.02 Å². The number of pyridine rings is 1. The van der Waals surface area contributed by atoms with Crippen molar-refractivity contribution >= 4 is 33.3 Å². The predicted molar refractivity (Wildman–Crippen MR) is 74.7 cm³/mol. The molecule has 0 radical (unpaired) electrons. The van der Waals surface area contributed by atoms with E-state index in [4.69, 9.17) is 16.9 Å². The molecule has 1 aliphatic carbocycles. The van der Waals surface area contributed by atoms with Gasteiger partial charge in [-0.1, -0.05) is 17.2 Å². The first-order valence-corrected chi connectivity index (χ1v) is 6.99. The molecule has 2 heterocycles. The van der Waals surface area contributed by atoms with Crippen molar-refractivity contribution in [3.05, 3.63) is 32.9 Å². The second-order valence-corrected chi connectivity index (χ2v) is 6.12. The molecule has 0 unspecified atom stereocenters. The third-order valence-electron chi connectivity index (χ3n) is 3.86. The summed E-state index contributed by atoms with van der Waals surface area (Å²) < 4.78 is 0.837. The topological polar surface area (TPSA) is 48.7 Å². The van der Waals surface area contributed by atoms with E-state index >= 15 is 0 Å². The molecular weight excluding hydrogens is 314 g/mol. The summed E-state index contributed by atoms with van der Waals surface area (Å²) in [5.41, 5.74) is 2.34. The minimum atomic E-state index is 0.0197. The molecule has 1 spiro atoms. The normalized spacial score (nSPS) is 27.3. The van der Waals surface area contributed by atoms with Gasteiger partial charge in [-0.05, 0) is 35.2 Å². The number of nitriles is 1. The third-order valence-corrected chi connectivity index (χ3v) is 5.08. The average molecular weight is 325 g/mol. The van der Waals surface area contributed by atoms with Gasteiger partial charge in [-0.25, -0.2) is 4.98 Å². The quantitative estimate of drug-likeness (QED) is 0.739. The molecule has 0 bridgehead atoms. The molecule has 1 fully saturated rings. The number of halogens is 2. The number of rotatable bonds is 0. The van der Waals surface area contributed by atoms with Crippen molar-refractivity contribution in [2.45, 2.75) is 24.7 Å². The van der Waals surface area contributed by atoms with Gasteiger partial charge in [0.25, 0.3) is 0 Å². The summed E-state index contributed by atoms with van der Waals surface area (Å²) in [4.78, 5) is 4.38. The van der Waals surface area contributed by atoms with E-state index in [2.05, 4.69) is 32.3 Å². The van der Waals surface area contributed by atoms with Crippen molar-refractivity contribution in [3.8, 4) is 6.07 Å². The number of anilines is 1. The van der Waals surface area contributed by atoms with E-state index in [9.17, 15) is 0 Å². The summed E-state index contributed by atoms with van der Waals surface area (Å²) in [6.07, 6.45) is 6.30. The van der Waals surface area contributed by atoms with Crippen molar-refractivity contribution in [1.29, 1.82) is 5.26 Å². The highest BCUT2D eigenvalue weighted by atomic mass is 79.9. The predicted octanol–water partition coefficient (Wildman–Crippen LogP) is 3.79. The van der Waals surface area contributed by atoms with Crippen LogP contribution in [0, 0.1) is 11.3 Å². The summed E-state index contributed by atoms with van der Waals surface area (Å²) >= 11 is 9.86. The molecule has 1 aromatic rings. The molecule has 1 atom stereocenters. The number of hydrogen-bond acceptors (Lipinski definition) is 3. The molecule has 3 nitrogen and oxygen atoms in total. The third kappa shape index (κ3) is 1.65. The summed E-state index contributed by atoms with van der Waals surface area (Å²) in [5.74, 6) is 0.890. The van der Waals surface area contributed by atoms with E-state index in [1.165, 1.54) is 5.57 Å². The van der Waals surface area contributed by atoms with E-state index in [-0.39, 0.29) is 5.41 Å². The average Bonchev–Trinajstić information content (AvgIpc) is 2.91. The van der Waals surface area contributed by atoms with E-state index in [1.54, 1.807) is 12.3 Å². The summed E-state index contributed by atoms with van der Waals surface area (Å²) in [5, 5.41) is 12.9. The molecule has 18 heavy (non-hydrogen) atoms. The van der Waals surface area contributed by atoms with Crippen LogP contribution in [-0.2, 0) is 5.41 Å². The molecule has 1 aromatic heterocycles. The Morgan fingerprint density at radius 2 is 2.44 bits per heavy atom. The van der Waals surface area contributed by atoms with Gasteiger partial charge in [0.1, 0.15) is 5.82 Å². The van der Waals surface area contributed by atoms with Crippen LogP contribution >= 0.6 is 27.5 Å². The van der Waals surface area contributed by atoms with Crippen LogP contribution in [0.25, 0.3) is 0 Å². The van der Waals surface area contributed by atoms with Crippen LogP contribution in [0.4, 0.5) is 5.82 Å². The van der Waals surface area contributed by atoms with Gasteiger partial charge in [0, 0.05) is 29.8 Å². The number of fused-ring (bicyclic) bond motifs is 2. The van der Waals surface area contributed by atoms with E-state index < -0.39 is 0 Å². The highest BCUT2D eigenvalue weighted by molar-refractivity contribution is 9.10. The fourth-order valence-electron chi connectivity index (χ4n) is 3.02. The Morgan fingerprint density at radius 3 is 3.22 bits per heavy atom. The molecule has 0 aromatic carbocycles. The van der Waals surface area contributed by atoms with Crippen LogP contribution in [0.5, 0.6) is 0 Å². The Bertz CT molecular complexity index is 591. The van der Waals surface area contributed by atoms with Crippen LogP contribution in [0.1, 0.15) is 24.8 Å². The molecule has 92 valence electrons. The van der Waals surface area contributed by atoms with E-state index in [1.807, 2.05) is 0 Å². The second-order valence-electron chi connectivity index (χ2n) is 4.89. The van der Waals surface area contributed by atoms with Gasteiger partial charge in [-0.2, -0.15) is 5.26 Å². The van der Waals surface area contributed by atoms with Crippen LogP contribution in [-0.4, -0.2) is 11.5 Å². The van der Waals surface area contributed by atoms with Crippen molar-refractivity contribution in [2.24, 2.45) is 0 Å². The monoisotopic (exact) mass is 323 g/mol. The first-order valence-electron chi connectivity index (χ1n) is 5.82. The first kappa shape index (κ1) is 12.0. The number of aromatic nitrogens is 1. The number of allylic oxidation sites excluding steroid dienone is 2. The maximum absolute atomic E-state index is 8.76. The summed E-state index contributed by atoms with van der Waals surface area (Å²) in [6.45, 7) is 0.855. The fraction of sp³-hybridized carbons (Fsp3) is 0.385. The summed E-state index contributed by atoms with van der Waals surface area (Å²) in [7, 11) is 0. The zero-order valence-electron chi connectivity index (χ0n) is 9.63. The lowest BCUT2D eigenvalue weighted by Crippen LogP contribution is -2.24. The van der Waals surface area contributed by atoms with Crippen LogP contribution in [0.3, 0.4) is 0 Å². The standard InChI is InChI=1S/C13H11BrClN3/c14-9-6-17-12-10(11(9)15)13(7-18-12)3-1-8(5-13)2-4-16/h2,6H,1,3,5,7H2,(H,17,18)/t13-/m0/s1. The molecule has 1 aliphatic heterocycles. The van der Waals surface area contributed by atoms with Crippen molar-refractivity contribution in [3.63, 3.8) is 0 Å². The minimum absolute atomic E-state index is 0.0197. The zero-order valence-corrected chi connectivity index (χ0v) is 12.0. The lowest BCUT2D eigenvalue weighted by Gasteiger charge is -2.23. The van der Waals surface area contributed by atoms with Crippen LogP contribution in [0.15, 0.2) is 22.3 Å². The number of hydrogen-bond donors (Lipinski definition) is 1. The van der Waals surface area contributed by atoms with E-state index in [0.717, 1.165) is 46.7 Å². The molecule has 1 N–H and O–H groups in total. The van der Waals surface area contributed by atoms with Crippen molar-refractivity contribution < 1.29 is 0 Å². The highest BCUT2D eigenvalue weighted by Gasteiger charge is 2.45. The zero-order chi connectivity index (χ0) is 12.8.